The van der Waals surface area contributed by atoms with Crippen LogP contribution in [0.3, 0.4) is 0 Å². The number of nitrogens with zero attached hydrogens (tertiary/aromatic N) is 3. The molecule has 1 amide bonds. The van der Waals surface area contributed by atoms with Crippen molar-refractivity contribution in [3.63, 3.8) is 0 Å². The zero-order chi connectivity index (χ0) is 21.3. The molecule has 0 radical (unpaired) electrons. The van der Waals surface area contributed by atoms with E-state index in [1.165, 1.54) is 0 Å². The summed E-state index contributed by atoms with van der Waals surface area (Å²) in [6.07, 6.45) is 4.68. The Kier molecular flexibility index (Phi) is 7.93. The Morgan fingerprint density at radius 3 is 2.70 bits per heavy atom. The first-order valence-corrected chi connectivity index (χ1v) is 10.9. The van der Waals surface area contributed by atoms with Crippen LogP contribution in [-0.2, 0) is 12.8 Å². The van der Waals surface area contributed by atoms with Crippen LogP contribution in [0.5, 0.6) is 5.75 Å². The number of hydrogen-bond donors (Lipinski definition) is 1. The van der Waals surface area contributed by atoms with Gasteiger partial charge in [-0.1, -0.05) is 23.9 Å². The Hall–Kier alpha value is -2.77. The Morgan fingerprint density at radius 1 is 1.20 bits per heavy atom. The molecule has 0 atom stereocenters. The molecule has 6 nitrogen and oxygen atoms in total. The standard InChI is InChI=1S/C23H28N4O2S/c1-26(2)13-5-15-29-21-10-8-20(9-11-21)25-22(28)19-7-4-6-18(16-19)17-30-23-24-12-14-27(23)3/h4,6-12,14,16H,5,13,15,17H2,1-3H3,(H,25,28). The second-order valence-electron chi connectivity index (χ2n) is 7.29. The van der Waals surface area contributed by atoms with Gasteiger partial charge in [0.25, 0.3) is 5.91 Å². The summed E-state index contributed by atoms with van der Waals surface area (Å²) in [5.74, 6) is 1.44. The summed E-state index contributed by atoms with van der Waals surface area (Å²) in [5, 5.41) is 3.90. The number of amides is 1. The van der Waals surface area contributed by atoms with Crippen molar-refractivity contribution in [2.45, 2.75) is 17.3 Å². The van der Waals surface area contributed by atoms with Gasteiger partial charge in [0, 0.05) is 43.0 Å². The normalized spacial score (nSPS) is 10.9. The molecule has 3 rings (SSSR count). The second-order valence-corrected chi connectivity index (χ2v) is 8.24. The summed E-state index contributed by atoms with van der Waals surface area (Å²) in [6.45, 7) is 1.67. The van der Waals surface area contributed by atoms with Crippen LogP contribution in [0.25, 0.3) is 0 Å². The zero-order valence-electron chi connectivity index (χ0n) is 17.7. The number of benzene rings is 2. The Labute approximate surface area is 182 Å². The van der Waals surface area contributed by atoms with E-state index in [4.69, 9.17) is 4.74 Å². The van der Waals surface area contributed by atoms with Gasteiger partial charge >= 0.3 is 0 Å². The molecule has 0 saturated heterocycles. The molecule has 1 N–H and O–H groups in total. The first kappa shape index (κ1) is 21.9. The summed E-state index contributed by atoms with van der Waals surface area (Å²) in [5.41, 5.74) is 2.46. The third-order valence-corrected chi connectivity index (χ3v) is 5.59. The van der Waals surface area contributed by atoms with E-state index in [-0.39, 0.29) is 5.91 Å². The summed E-state index contributed by atoms with van der Waals surface area (Å²) < 4.78 is 7.72. The lowest BCUT2D eigenvalue weighted by atomic mass is 10.1. The van der Waals surface area contributed by atoms with E-state index in [2.05, 4.69) is 15.2 Å². The summed E-state index contributed by atoms with van der Waals surface area (Å²) in [4.78, 5) is 19.1. The number of anilines is 1. The van der Waals surface area contributed by atoms with Crippen molar-refractivity contribution in [2.24, 2.45) is 7.05 Å². The molecule has 0 fully saturated rings. The molecule has 158 valence electrons. The van der Waals surface area contributed by atoms with Crippen LogP contribution in [0.15, 0.2) is 66.1 Å². The van der Waals surface area contributed by atoms with Crippen LogP contribution in [0.4, 0.5) is 5.69 Å². The maximum atomic E-state index is 12.6. The van der Waals surface area contributed by atoms with E-state index < -0.39 is 0 Å². The van der Waals surface area contributed by atoms with Gasteiger partial charge in [-0.15, -0.1) is 0 Å². The SMILES string of the molecule is CN(C)CCCOc1ccc(NC(=O)c2cccc(CSc3nccn3C)c2)cc1. The van der Waals surface area contributed by atoms with Crippen molar-refractivity contribution < 1.29 is 9.53 Å². The number of nitrogens with one attached hydrogen (secondary N) is 1. The smallest absolute Gasteiger partial charge is 0.255 e. The van der Waals surface area contributed by atoms with Crippen LogP contribution < -0.4 is 10.1 Å². The zero-order valence-corrected chi connectivity index (χ0v) is 18.5. The maximum absolute atomic E-state index is 12.6. The van der Waals surface area contributed by atoms with Gasteiger partial charge in [-0.25, -0.2) is 4.98 Å². The Morgan fingerprint density at radius 2 is 2.00 bits per heavy atom. The Bertz CT molecular complexity index is 954. The maximum Gasteiger partial charge on any atom is 0.255 e. The van der Waals surface area contributed by atoms with Gasteiger partial charge in [0.05, 0.1) is 6.61 Å². The van der Waals surface area contributed by atoms with Crippen LogP contribution >= 0.6 is 11.8 Å². The predicted octanol–water partition coefficient (Wildman–Crippen LogP) is 4.30. The van der Waals surface area contributed by atoms with Gasteiger partial charge in [0.1, 0.15) is 5.75 Å². The van der Waals surface area contributed by atoms with Crippen LogP contribution in [-0.4, -0.2) is 47.6 Å². The highest BCUT2D eigenvalue weighted by Gasteiger charge is 2.08. The van der Waals surface area contributed by atoms with Gasteiger partial charge in [-0.2, -0.15) is 0 Å². The third kappa shape index (κ3) is 6.64. The van der Waals surface area contributed by atoms with Crippen molar-refractivity contribution in [1.29, 1.82) is 0 Å². The Balaban J connectivity index is 1.52. The van der Waals surface area contributed by atoms with Crippen molar-refractivity contribution in [2.75, 3.05) is 32.6 Å². The minimum atomic E-state index is -0.126. The lowest BCUT2D eigenvalue weighted by Gasteiger charge is -2.11. The molecule has 0 aliphatic carbocycles. The first-order chi connectivity index (χ1) is 14.5. The van der Waals surface area contributed by atoms with E-state index >= 15 is 0 Å². The number of hydrogen-bond acceptors (Lipinski definition) is 5. The third-order valence-electron chi connectivity index (χ3n) is 4.46. The molecular weight excluding hydrogens is 396 g/mol. The van der Waals surface area contributed by atoms with E-state index in [0.29, 0.717) is 12.2 Å². The van der Waals surface area contributed by atoms with Crippen molar-refractivity contribution >= 4 is 23.4 Å². The predicted molar refractivity (Wildman–Crippen MR) is 122 cm³/mol. The number of carbonyl (C=O) groups excluding carboxylic acids is 1. The summed E-state index contributed by atoms with van der Waals surface area (Å²) in [6, 6.07) is 15.2. The molecular formula is C23H28N4O2S. The molecule has 0 aliphatic rings. The van der Waals surface area contributed by atoms with E-state index in [1.54, 1.807) is 18.0 Å². The van der Waals surface area contributed by atoms with Gasteiger partial charge in [-0.05, 0) is 62.5 Å². The number of ether oxygens (including phenoxy) is 1. The van der Waals surface area contributed by atoms with Crippen LogP contribution in [0.2, 0.25) is 0 Å². The number of aromatic nitrogens is 2. The molecule has 30 heavy (non-hydrogen) atoms. The van der Waals surface area contributed by atoms with E-state index in [1.807, 2.05) is 80.4 Å². The molecule has 0 bridgehead atoms. The minimum absolute atomic E-state index is 0.126. The highest BCUT2D eigenvalue weighted by atomic mass is 32.2. The molecule has 2 aromatic carbocycles. The fraction of sp³-hybridized carbons (Fsp3) is 0.304. The average Bonchev–Trinajstić information content (AvgIpc) is 3.15. The molecule has 0 spiro atoms. The van der Waals surface area contributed by atoms with E-state index in [9.17, 15) is 4.79 Å². The molecule has 0 unspecified atom stereocenters. The summed E-state index contributed by atoms with van der Waals surface area (Å²) >= 11 is 1.65. The van der Waals surface area contributed by atoms with Crippen LogP contribution in [0.1, 0.15) is 22.3 Å². The van der Waals surface area contributed by atoms with Gasteiger partial charge < -0.3 is 19.5 Å². The topological polar surface area (TPSA) is 59.4 Å². The fourth-order valence-electron chi connectivity index (χ4n) is 2.85. The molecule has 1 aromatic heterocycles. The van der Waals surface area contributed by atoms with E-state index in [0.717, 1.165) is 40.9 Å². The summed E-state index contributed by atoms with van der Waals surface area (Å²) in [7, 11) is 6.07. The molecule has 1 heterocycles. The fourth-order valence-corrected chi connectivity index (χ4v) is 3.73. The highest BCUT2D eigenvalue weighted by Crippen LogP contribution is 2.22. The van der Waals surface area contributed by atoms with Gasteiger partial charge in [0.2, 0.25) is 0 Å². The van der Waals surface area contributed by atoms with Gasteiger partial charge in [-0.3, -0.25) is 4.79 Å². The monoisotopic (exact) mass is 424 g/mol. The molecule has 7 heteroatoms. The largest absolute Gasteiger partial charge is 0.494 e. The number of imidazole rings is 1. The molecule has 0 aliphatic heterocycles. The second kappa shape index (κ2) is 10.8. The van der Waals surface area contributed by atoms with Crippen molar-refractivity contribution in [1.82, 2.24) is 14.5 Å². The number of thioether (sulfide) groups is 1. The number of carbonyl (C=O) groups is 1. The number of rotatable bonds is 10. The lowest BCUT2D eigenvalue weighted by Crippen LogP contribution is -2.15. The minimum Gasteiger partial charge on any atom is -0.494 e. The number of aryl methyl sites for hydroxylation is 1. The molecule has 3 aromatic rings. The van der Waals surface area contributed by atoms with Crippen LogP contribution in [0, 0.1) is 0 Å². The average molecular weight is 425 g/mol. The van der Waals surface area contributed by atoms with Gasteiger partial charge in [0.15, 0.2) is 5.16 Å². The van der Waals surface area contributed by atoms with Crippen molar-refractivity contribution in [3.8, 4) is 5.75 Å². The first-order valence-electron chi connectivity index (χ1n) is 9.89. The lowest BCUT2D eigenvalue weighted by molar-refractivity contribution is 0.102. The molecule has 0 saturated carbocycles. The van der Waals surface area contributed by atoms with Crippen molar-refractivity contribution in [3.05, 3.63) is 72.1 Å². The highest BCUT2D eigenvalue weighted by molar-refractivity contribution is 7.98. The quantitative estimate of drug-likeness (QED) is 0.389.